The summed E-state index contributed by atoms with van der Waals surface area (Å²) in [6, 6.07) is 0. The smallest absolute Gasteiger partial charge is 0.140 e. The summed E-state index contributed by atoms with van der Waals surface area (Å²) in [5.41, 5.74) is 1.21. The van der Waals surface area contributed by atoms with E-state index in [2.05, 4.69) is 5.16 Å². The molecular formula is C8H14N2O2. The standard InChI is InChI=1S/C8H14N2O2/c1-5-7(6(2)11-10-5)8(3,4)12-9/h9H2,1-4H3. The third-order valence-corrected chi connectivity index (χ3v) is 1.93. The predicted octanol–water partition coefficient (Wildman–Crippen LogP) is 1.42. The number of nitrogens with two attached hydrogens (primary N) is 1. The van der Waals surface area contributed by atoms with E-state index in [-0.39, 0.29) is 0 Å². The lowest BCUT2D eigenvalue weighted by Crippen LogP contribution is -2.26. The zero-order valence-corrected chi connectivity index (χ0v) is 7.84. The average Bonchev–Trinajstić information content (AvgIpc) is 2.31. The van der Waals surface area contributed by atoms with E-state index in [9.17, 15) is 0 Å². The lowest BCUT2D eigenvalue weighted by atomic mass is 9.97. The first-order valence-corrected chi connectivity index (χ1v) is 3.80. The Hall–Kier alpha value is -0.870. The molecule has 1 aromatic heterocycles. The molecule has 1 aromatic rings. The second kappa shape index (κ2) is 2.88. The van der Waals surface area contributed by atoms with E-state index in [1.54, 1.807) is 0 Å². The van der Waals surface area contributed by atoms with Gasteiger partial charge in [-0.1, -0.05) is 5.16 Å². The molecule has 0 radical (unpaired) electrons. The van der Waals surface area contributed by atoms with Gasteiger partial charge in [0.25, 0.3) is 0 Å². The Balaban J connectivity index is 3.17. The lowest BCUT2D eigenvalue weighted by molar-refractivity contribution is -0.0249. The van der Waals surface area contributed by atoms with Gasteiger partial charge in [0.1, 0.15) is 11.4 Å². The highest BCUT2D eigenvalue weighted by atomic mass is 16.6. The summed E-state index contributed by atoms with van der Waals surface area (Å²) in [7, 11) is 0. The molecule has 0 bridgehead atoms. The van der Waals surface area contributed by atoms with Crippen molar-refractivity contribution in [3.05, 3.63) is 17.0 Å². The summed E-state index contributed by atoms with van der Waals surface area (Å²) >= 11 is 0. The SMILES string of the molecule is Cc1noc(C)c1C(C)(C)ON. The molecule has 0 aliphatic heterocycles. The minimum Gasteiger partial charge on any atom is -0.361 e. The van der Waals surface area contributed by atoms with Crippen LogP contribution in [0.2, 0.25) is 0 Å². The van der Waals surface area contributed by atoms with Crippen LogP contribution in [-0.2, 0) is 10.4 Å². The molecule has 0 spiro atoms. The molecule has 1 rings (SSSR count). The molecule has 2 N–H and O–H groups in total. The Morgan fingerprint density at radius 3 is 2.33 bits per heavy atom. The first-order chi connectivity index (χ1) is 5.49. The summed E-state index contributed by atoms with van der Waals surface area (Å²) in [5.74, 6) is 5.92. The van der Waals surface area contributed by atoms with Crippen molar-refractivity contribution in [3.8, 4) is 0 Å². The number of aromatic nitrogens is 1. The molecule has 0 aromatic carbocycles. The van der Waals surface area contributed by atoms with Crippen LogP contribution in [0.1, 0.15) is 30.9 Å². The molecule has 68 valence electrons. The lowest BCUT2D eigenvalue weighted by Gasteiger charge is -2.21. The van der Waals surface area contributed by atoms with Crippen molar-refractivity contribution in [1.29, 1.82) is 0 Å². The van der Waals surface area contributed by atoms with E-state index in [1.165, 1.54) is 0 Å². The minimum absolute atomic E-state index is 0.534. The topological polar surface area (TPSA) is 61.3 Å². The van der Waals surface area contributed by atoms with Gasteiger partial charge >= 0.3 is 0 Å². The number of hydrogen-bond donors (Lipinski definition) is 1. The van der Waals surface area contributed by atoms with E-state index >= 15 is 0 Å². The third-order valence-electron chi connectivity index (χ3n) is 1.93. The van der Waals surface area contributed by atoms with Gasteiger partial charge in [-0.05, 0) is 27.7 Å². The molecule has 4 heteroatoms. The maximum absolute atomic E-state index is 5.17. The second-order valence-electron chi connectivity index (χ2n) is 3.33. The highest BCUT2D eigenvalue weighted by Gasteiger charge is 2.28. The Bertz CT molecular complexity index is 259. The fraction of sp³-hybridized carbons (Fsp3) is 0.625. The van der Waals surface area contributed by atoms with Gasteiger partial charge < -0.3 is 4.52 Å². The molecule has 0 aliphatic rings. The van der Waals surface area contributed by atoms with Crippen LogP contribution in [0.5, 0.6) is 0 Å². The number of hydrogen-bond acceptors (Lipinski definition) is 4. The van der Waals surface area contributed by atoms with Gasteiger partial charge in [0.15, 0.2) is 0 Å². The maximum Gasteiger partial charge on any atom is 0.140 e. The van der Waals surface area contributed by atoms with E-state index in [1.807, 2.05) is 27.7 Å². The summed E-state index contributed by atoms with van der Waals surface area (Å²) in [4.78, 5) is 4.84. The van der Waals surface area contributed by atoms with Crippen LogP contribution in [0.3, 0.4) is 0 Å². The van der Waals surface area contributed by atoms with Crippen molar-refractivity contribution >= 4 is 0 Å². The predicted molar refractivity (Wildman–Crippen MR) is 44.3 cm³/mol. The Morgan fingerprint density at radius 1 is 1.42 bits per heavy atom. The van der Waals surface area contributed by atoms with Crippen LogP contribution in [0.25, 0.3) is 0 Å². The number of rotatable bonds is 2. The summed E-state index contributed by atoms with van der Waals surface area (Å²) in [6.07, 6.45) is 0. The van der Waals surface area contributed by atoms with Crippen molar-refractivity contribution in [2.45, 2.75) is 33.3 Å². The van der Waals surface area contributed by atoms with Crippen molar-refractivity contribution in [1.82, 2.24) is 5.16 Å². The number of aryl methyl sites for hydroxylation is 2. The first kappa shape index (κ1) is 9.22. The third kappa shape index (κ3) is 1.35. The van der Waals surface area contributed by atoms with Gasteiger partial charge in [0.2, 0.25) is 0 Å². The quantitative estimate of drug-likeness (QED) is 0.682. The second-order valence-corrected chi connectivity index (χ2v) is 3.33. The zero-order valence-electron chi connectivity index (χ0n) is 7.84. The van der Waals surface area contributed by atoms with Crippen LogP contribution in [-0.4, -0.2) is 5.16 Å². The highest BCUT2D eigenvalue weighted by molar-refractivity contribution is 5.26. The molecule has 0 saturated carbocycles. The largest absolute Gasteiger partial charge is 0.361 e. The molecule has 12 heavy (non-hydrogen) atoms. The van der Waals surface area contributed by atoms with Gasteiger partial charge in [0, 0.05) is 0 Å². The summed E-state index contributed by atoms with van der Waals surface area (Å²) in [6.45, 7) is 7.46. The zero-order chi connectivity index (χ0) is 9.35. The number of nitrogens with zero attached hydrogens (tertiary/aromatic N) is 1. The van der Waals surface area contributed by atoms with Crippen molar-refractivity contribution < 1.29 is 9.36 Å². The maximum atomic E-state index is 5.17. The highest BCUT2D eigenvalue weighted by Crippen LogP contribution is 2.28. The van der Waals surface area contributed by atoms with Crippen molar-refractivity contribution in [2.75, 3.05) is 0 Å². The minimum atomic E-state index is -0.534. The van der Waals surface area contributed by atoms with Gasteiger partial charge in [-0.3, -0.25) is 4.84 Å². The molecule has 0 amide bonds. The molecular weight excluding hydrogens is 156 g/mol. The van der Waals surface area contributed by atoms with Crippen LogP contribution in [0.15, 0.2) is 4.52 Å². The van der Waals surface area contributed by atoms with Crippen molar-refractivity contribution in [2.24, 2.45) is 5.90 Å². The van der Waals surface area contributed by atoms with Gasteiger partial charge in [-0.15, -0.1) is 0 Å². The molecule has 0 saturated heterocycles. The van der Waals surface area contributed by atoms with Crippen LogP contribution < -0.4 is 5.90 Å². The fourth-order valence-corrected chi connectivity index (χ4v) is 1.40. The Labute approximate surface area is 71.6 Å². The van der Waals surface area contributed by atoms with Crippen LogP contribution in [0, 0.1) is 13.8 Å². The molecule has 4 nitrogen and oxygen atoms in total. The van der Waals surface area contributed by atoms with E-state index in [4.69, 9.17) is 15.3 Å². The summed E-state index contributed by atoms with van der Waals surface area (Å²) < 4.78 is 5.00. The summed E-state index contributed by atoms with van der Waals surface area (Å²) in [5, 5.41) is 3.82. The van der Waals surface area contributed by atoms with Gasteiger partial charge in [-0.2, -0.15) is 0 Å². The molecule has 0 atom stereocenters. The Kier molecular flexibility index (Phi) is 2.21. The van der Waals surface area contributed by atoms with Crippen molar-refractivity contribution in [3.63, 3.8) is 0 Å². The van der Waals surface area contributed by atoms with Crippen LogP contribution in [0.4, 0.5) is 0 Å². The molecule has 0 unspecified atom stereocenters. The monoisotopic (exact) mass is 170 g/mol. The van der Waals surface area contributed by atoms with Crippen LogP contribution >= 0.6 is 0 Å². The molecule has 1 heterocycles. The normalized spacial score (nSPS) is 12.1. The fourth-order valence-electron chi connectivity index (χ4n) is 1.40. The first-order valence-electron chi connectivity index (χ1n) is 3.80. The molecule has 0 fully saturated rings. The average molecular weight is 170 g/mol. The van der Waals surface area contributed by atoms with E-state index < -0.39 is 5.60 Å². The van der Waals surface area contributed by atoms with E-state index in [0.29, 0.717) is 0 Å². The van der Waals surface area contributed by atoms with E-state index in [0.717, 1.165) is 17.0 Å². The van der Waals surface area contributed by atoms with Gasteiger partial charge in [0.05, 0.1) is 11.3 Å². The molecule has 0 aliphatic carbocycles. The van der Waals surface area contributed by atoms with Gasteiger partial charge in [-0.25, -0.2) is 5.90 Å². The Morgan fingerprint density at radius 2 is 2.00 bits per heavy atom.